The summed E-state index contributed by atoms with van der Waals surface area (Å²) in [5.41, 5.74) is 11.2. The lowest BCUT2D eigenvalue weighted by molar-refractivity contribution is 0.838. The second-order valence-electron chi connectivity index (χ2n) is 5.70. The second-order valence-corrected chi connectivity index (χ2v) is 5.70. The summed E-state index contributed by atoms with van der Waals surface area (Å²) in [5.74, 6) is 0. The number of hydrogen-bond acceptors (Lipinski definition) is 2. The first-order valence-electron chi connectivity index (χ1n) is 7.41. The van der Waals surface area contributed by atoms with Crippen LogP contribution in [0.25, 0.3) is 10.8 Å². The standard InChI is InChI=1S/C19H18N2/c20-18-12-16-7-2-1-6-15(16)11-17(18)13-21-10-9-14-5-3-4-8-19(14)21/h1-8,11-12H,9-10,13,20H2. The molecule has 1 aliphatic heterocycles. The fraction of sp³-hybridized carbons (Fsp3) is 0.158. The van der Waals surface area contributed by atoms with Gasteiger partial charge in [0, 0.05) is 24.5 Å². The smallest absolute Gasteiger partial charge is 0.0450 e. The summed E-state index contributed by atoms with van der Waals surface area (Å²) in [4.78, 5) is 2.43. The van der Waals surface area contributed by atoms with E-state index in [1.807, 2.05) is 0 Å². The molecule has 21 heavy (non-hydrogen) atoms. The van der Waals surface area contributed by atoms with E-state index in [9.17, 15) is 0 Å². The van der Waals surface area contributed by atoms with Gasteiger partial charge in [-0.3, -0.25) is 0 Å². The molecular formula is C19H18N2. The zero-order chi connectivity index (χ0) is 14.2. The molecule has 0 spiro atoms. The third kappa shape index (κ3) is 2.13. The molecule has 0 saturated carbocycles. The monoisotopic (exact) mass is 274 g/mol. The molecule has 1 aliphatic rings. The van der Waals surface area contributed by atoms with Gasteiger partial charge in [0.1, 0.15) is 0 Å². The highest BCUT2D eigenvalue weighted by molar-refractivity contribution is 5.87. The normalized spacial score (nSPS) is 13.6. The highest BCUT2D eigenvalue weighted by Gasteiger charge is 2.19. The first kappa shape index (κ1) is 12.3. The minimum atomic E-state index is 0.883. The lowest BCUT2D eigenvalue weighted by atomic mass is 10.0. The number of fused-ring (bicyclic) bond motifs is 2. The van der Waals surface area contributed by atoms with Crippen molar-refractivity contribution in [3.8, 4) is 0 Å². The molecule has 1 heterocycles. The van der Waals surface area contributed by atoms with Gasteiger partial charge in [-0.05, 0) is 46.5 Å². The molecule has 0 amide bonds. The molecule has 0 bridgehead atoms. The maximum atomic E-state index is 6.26. The van der Waals surface area contributed by atoms with Crippen LogP contribution >= 0.6 is 0 Å². The van der Waals surface area contributed by atoms with Gasteiger partial charge in [-0.1, -0.05) is 42.5 Å². The summed E-state index contributed by atoms with van der Waals surface area (Å²) >= 11 is 0. The number of nitrogen functional groups attached to an aromatic ring is 1. The average molecular weight is 274 g/mol. The molecule has 0 aromatic heterocycles. The van der Waals surface area contributed by atoms with Crippen LogP contribution in [0.4, 0.5) is 11.4 Å². The number of rotatable bonds is 2. The van der Waals surface area contributed by atoms with Crippen LogP contribution in [0.5, 0.6) is 0 Å². The predicted octanol–water partition coefficient (Wildman–Crippen LogP) is 3.98. The van der Waals surface area contributed by atoms with Crippen molar-refractivity contribution in [1.29, 1.82) is 0 Å². The SMILES string of the molecule is Nc1cc2ccccc2cc1CN1CCc2ccccc21. The molecule has 3 aromatic carbocycles. The number of para-hydroxylation sites is 1. The van der Waals surface area contributed by atoms with Crippen molar-refractivity contribution in [3.63, 3.8) is 0 Å². The number of anilines is 2. The number of hydrogen-bond donors (Lipinski definition) is 1. The van der Waals surface area contributed by atoms with Gasteiger partial charge in [-0.25, -0.2) is 0 Å². The Balaban J connectivity index is 1.70. The molecular weight excluding hydrogens is 256 g/mol. The fourth-order valence-electron chi connectivity index (χ4n) is 3.22. The van der Waals surface area contributed by atoms with Gasteiger partial charge in [-0.2, -0.15) is 0 Å². The maximum Gasteiger partial charge on any atom is 0.0450 e. The lowest BCUT2D eigenvalue weighted by Crippen LogP contribution is -2.20. The number of benzene rings is 3. The van der Waals surface area contributed by atoms with Crippen molar-refractivity contribution in [2.45, 2.75) is 13.0 Å². The molecule has 3 aromatic rings. The molecule has 2 nitrogen and oxygen atoms in total. The molecule has 0 unspecified atom stereocenters. The Hall–Kier alpha value is -2.48. The zero-order valence-corrected chi connectivity index (χ0v) is 11.9. The summed E-state index contributed by atoms with van der Waals surface area (Å²) in [6.07, 6.45) is 1.13. The van der Waals surface area contributed by atoms with E-state index >= 15 is 0 Å². The van der Waals surface area contributed by atoms with Crippen LogP contribution in [0.1, 0.15) is 11.1 Å². The number of nitrogens with two attached hydrogens (primary N) is 1. The van der Waals surface area contributed by atoms with E-state index in [2.05, 4.69) is 65.6 Å². The van der Waals surface area contributed by atoms with Crippen molar-refractivity contribution in [1.82, 2.24) is 0 Å². The Morgan fingerprint density at radius 3 is 2.48 bits per heavy atom. The van der Waals surface area contributed by atoms with Gasteiger partial charge in [0.25, 0.3) is 0 Å². The van der Waals surface area contributed by atoms with Gasteiger partial charge < -0.3 is 10.6 Å². The van der Waals surface area contributed by atoms with E-state index in [1.54, 1.807) is 0 Å². The van der Waals surface area contributed by atoms with E-state index in [0.717, 1.165) is 25.2 Å². The summed E-state index contributed by atoms with van der Waals surface area (Å²) in [6.45, 7) is 1.96. The quantitative estimate of drug-likeness (QED) is 0.716. The van der Waals surface area contributed by atoms with Crippen molar-refractivity contribution >= 4 is 22.1 Å². The van der Waals surface area contributed by atoms with E-state index in [0.29, 0.717) is 0 Å². The van der Waals surface area contributed by atoms with E-state index in [1.165, 1.54) is 27.6 Å². The minimum absolute atomic E-state index is 0.883. The van der Waals surface area contributed by atoms with Crippen LogP contribution in [0.3, 0.4) is 0 Å². The second kappa shape index (κ2) is 4.81. The van der Waals surface area contributed by atoms with Crippen LogP contribution in [0.15, 0.2) is 60.7 Å². The van der Waals surface area contributed by atoms with Crippen LogP contribution < -0.4 is 10.6 Å². The van der Waals surface area contributed by atoms with Crippen LogP contribution in [0, 0.1) is 0 Å². The molecule has 2 heteroatoms. The van der Waals surface area contributed by atoms with Gasteiger partial charge in [-0.15, -0.1) is 0 Å². The van der Waals surface area contributed by atoms with Gasteiger partial charge in [0.05, 0.1) is 0 Å². The lowest BCUT2D eigenvalue weighted by Gasteiger charge is -2.21. The summed E-state index contributed by atoms with van der Waals surface area (Å²) in [5, 5.41) is 2.47. The van der Waals surface area contributed by atoms with Crippen molar-refractivity contribution in [2.75, 3.05) is 17.2 Å². The third-order valence-electron chi connectivity index (χ3n) is 4.35. The summed E-state index contributed by atoms with van der Waals surface area (Å²) < 4.78 is 0. The Morgan fingerprint density at radius 2 is 1.62 bits per heavy atom. The molecule has 0 saturated heterocycles. The highest BCUT2D eigenvalue weighted by atomic mass is 15.1. The Labute approximate surface area is 124 Å². The molecule has 0 atom stereocenters. The molecule has 0 aliphatic carbocycles. The third-order valence-corrected chi connectivity index (χ3v) is 4.35. The fourth-order valence-corrected chi connectivity index (χ4v) is 3.22. The summed E-state index contributed by atoms with van der Waals surface area (Å²) in [7, 11) is 0. The van der Waals surface area contributed by atoms with E-state index in [4.69, 9.17) is 5.73 Å². The number of nitrogens with zero attached hydrogens (tertiary/aromatic N) is 1. The molecule has 0 radical (unpaired) electrons. The van der Waals surface area contributed by atoms with Crippen LogP contribution in [-0.2, 0) is 13.0 Å². The van der Waals surface area contributed by atoms with Crippen molar-refractivity contribution in [2.24, 2.45) is 0 Å². The highest BCUT2D eigenvalue weighted by Crippen LogP contribution is 2.31. The van der Waals surface area contributed by atoms with Crippen LogP contribution in [-0.4, -0.2) is 6.54 Å². The minimum Gasteiger partial charge on any atom is -0.398 e. The first-order chi connectivity index (χ1) is 10.3. The van der Waals surface area contributed by atoms with Crippen LogP contribution in [0.2, 0.25) is 0 Å². The van der Waals surface area contributed by atoms with Gasteiger partial charge in [0.15, 0.2) is 0 Å². The van der Waals surface area contributed by atoms with Crippen molar-refractivity contribution < 1.29 is 0 Å². The Morgan fingerprint density at radius 1 is 0.905 bits per heavy atom. The van der Waals surface area contributed by atoms with E-state index < -0.39 is 0 Å². The maximum absolute atomic E-state index is 6.26. The summed E-state index contributed by atoms with van der Waals surface area (Å²) in [6, 6.07) is 21.4. The Kier molecular flexibility index (Phi) is 2.81. The average Bonchev–Trinajstić information content (AvgIpc) is 2.91. The predicted molar refractivity (Wildman–Crippen MR) is 89.6 cm³/mol. The molecule has 0 fully saturated rings. The molecule has 4 rings (SSSR count). The first-order valence-corrected chi connectivity index (χ1v) is 7.41. The molecule has 2 N–H and O–H groups in total. The zero-order valence-electron chi connectivity index (χ0n) is 11.9. The van der Waals surface area contributed by atoms with Crippen molar-refractivity contribution in [3.05, 3.63) is 71.8 Å². The topological polar surface area (TPSA) is 29.3 Å². The van der Waals surface area contributed by atoms with Gasteiger partial charge in [0.2, 0.25) is 0 Å². The van der Waals surface area contributed by atoms with Gasteiger partial charge >= 0.3 is 0 Å². The molecule has 104 valence electrons. The Bertz CT molecular complexity index is 808. The largest absolute Gasteiger partial charge is 0.398 e. The van der Waals surface area contributed by atoms with E-state index in [-0.39, 0.29) is 0 Å².